The number of aliphatic hydroxyl groups excluding tert-OH is 1. The average molecular weight is 208 g/mol. The van der Waals surface area contributed by atoms with Crippen LogP contribution in [0.1, 0.15) is 20.3 Å². The van der Waals surface area contributed by atoms with E-state index in [2.05, 4.69) is 16.6 Å². The zero-order chi connectivity index (χ0) is 11.5. The number of allylic oxidation sites excluding steroid dienone is 2. The van der Waals surface area contributed by atoms with Crippen LogP contribution in [0.4, 0.5) is 0 Å². The first-order chi connectivity index (χ1) is 7.16. The zero-order valence-electron chi connectivity index (χ0n) is 9.12. The number of esters is 1. The Morgan fingerprint density at radius 1 is 1.40 bits per heavy atom. The van der Waals surface area contributed by atoms with Gasteiger partial charge in [-0.05, 0) is 18.6 Å². The van der Waals surface area contributed by atoms with Crippen LogP contribution in [-0.4, -0.2) is 24.3 Å². The summed E-state index contributed by atoms with van der Waals surface area (Å²) >= 11 is 0. The maximum atomic E-state index is 10.4. The van der Waals surface area contributed by atoms with Crippen molar-refractivity contribution in [3.63, 3.8) is 0 Å². The number of carbonyl (C=O) groups excluding carboxylic acids is 1. The molecule has 82 valence electrons. The van der Waals surface area contributed by atoms with Crippen molar-refractivity contribution >= 4 is 5.97 Å². The zero-order valence-corrected chi connectivity index (χ0v) is 9.12. The van der Waals surface area contributed by atoms with Gasteiger partial charge in [0.1, 0.15) is 6.61 Å². The average Bonchev–Trinajstić information content (AvgIpc) is 2.16. The van der Waals surface area contributed by atoms with Crippen molar-refractivity contribution < 1.29 is 14.6 Å². The Hall–Kier alpha value is -1.53. The van der Waals surface area contributed by atoms with Crippen LogP contribution >= 0.6 is 0 Å². The fourth-order valence-electron chi connectivity index (χ4n) is 0.754. The van der Waals surface area contributed by atoms with Gasteiger partial charge in [0.2, 0.25) is 0 Å². The highest BCUT2D eigenvalue weighted by atomic mass is 16.5. The Morgan fingerprint density at radius 2 is 2.13 bits per heavy atom. The van der Waals surface area contributed by atoms with E-state index in [1.165, 1.54) is 6.92 Å². The molecule has 0 radical (unpaired) electrons. The fourth-order valence-corrected chi connectivity index (χ4v) is 0.754. The molecule has 0 heterocycles. The second-order valence-electron chi connectivity index (χ2n) is 2.85. The molecule has 0 bridgehead atoms. The molecule has 0 aromatic rings. The van der Waals surface area contributed by atoms with E-state index in [0.29, 0.717) is 13.0 Å². The second-order valence-corrected chi connectivity index (χ2v) is 2.85. The maximum Gasteiger partial charge on any atom is 0.302 e. The van der Waals surface area contributed by atoms with Crippen molar-refractivity contribution in [1.29, 1.82) is 0 Å². The molecule has 0 atom stereocenters. The molecule has 0 saturated carbocycles. The first-order valence-electron chi connectivity index (χ1n) is 4.71. The van der Waals surface area contributed by atoms with Gasteiger partial charge in [-0.2, -0.15) is 0 Å². The van der Waals surface area contributed by atoms with Gasteiger partial charge >= 0.3 is 5.97 Å². The van der Waals surface area contributed by atoms with Gasteiger partial charge < -0.3 is 9.84 Å². The summed E-state index contributed by atoms with van der Waals surface area (Å²) in [6, 6.07) is 0. The van der Waals surface area contributed by atoms with E-state index in [1.54, 1.807) is 12.2 Å². The second kappa shape index (κ2) is 9.04. The number of hydrogen-bond acceptors (Lipinski definition) is 3. The van der Waals surface area contributed by atoms with Gasteiger partial charge in [0.25, 0.3) is 0 Å². The van der Waals surface area contributed by atoms with Gasteiger partial charge in [-0.25, -0.2) is 0 Å². The van der Waals surface area contributed by atoms with Crippen molar-refractivity contribution in [2.45, 2.75) is 20.3 Å². The van der Waals surface area contributed by atoms with E-state index < -0.39 is 0 Å². The minimum Gasteiger partial charge on any atom is -0.462 e. The molecule has 0 aliphatic carbocycles. The van der Waals surface area contributed by atoms with Crippen LogP contribution in [-0.2, 0) is 9.53 Å². The van der Waals surface area contributed by atoms with Gasteiger partial charge in [0, 0.05) is 13.3 Å². The topological polar surface area (TPSA) is 46.5 Å². The van der Waals surface area contributed by atoms with E-state index in [1.807, 2.05) is 13.0 Å². The van der Waals surface area contributed by atoms with Crippen molar-refractivity contribution in [3.05, 3.63) is 23.8 Å². The highest BCUT2D eigenvalue weighted by molar-refractivity contribution is 5.65. The fraction of sp³-hybridized carbons (Fsp3) is 0.417. The minimum atomic E-state index is -0.285. The molecule has 0 amide bonds. The van der Waals surface area contributed by atoms with E-state index in [0.717, 1.165) is 5.57 Å². The smallest absolute Gasteiger partial charge is 0.302 e. The molecule has 0 fully saturated rings. The van der Waals surface area contributed by atoms with Gasteiger partial charge in [0.15, 0.2) is 0 Å². The van der Waals surface area contributed by atoms with E-state index in [9.17, 15) is 4.79 Å². The Bertz CT molecular complexity index is 303. The lowest BCUT2D eigenvalue weighted by Gasteiger charge is -1.92. The van der Waals surface area contributed by atoms with Crippen LogP contribution in [0.25, 0.3) is 0 Å². The molecule has 0 unspecified atom stereocenters. The summed E-state index contributed by atoms with van der Waals surface area (Å²) in [5.74, 6) is 5.49. The predicted octanol–water partition coefficient (Wildman–Crippen LogP) is 1.44. The van der Waals surface area contributed by atoms with E-state index in [-0.39, 0.29) is 12.6 Å². The summed E-state index contributed by atoms with van der Waals surface area (Å²) in [7, 11) is 0. The van der Waals surface area contributed by atoms with Crippen molar-refractivity contribution in [3.8, 4) is 11.8 Å². The summed E-state index contributed by atoms with van der Waals surface area (Å²) in [4.78, 5) is 10.4. The molecule has 0 aliphatic rings. The van der Waals surface area contributed by atoms with Crippen molar-refractivity contribution in [1.82, 2.24) is 0 Å². The van der Waals surface area contributed by atoms with Crippen molar-refractivity contribution in [2.24, 2.45) is 0 Å². The lowest BCUT2D eigenvalue weighted by atomic mass is 10.2. The van der Waals surface area contributed by atoms with Crippen LogP contribution < -0.4 is 0 Å². The van der Waals surface area contributed by atoms with Crippen LogP contribution in [0.2, 0.25) is 0 Å². The molecule has 3 heteroatoms. The number of carbonyl (C=O) groups is 1. The minimum absolute atomic E-state index is 0.0167. The largest absolute Gasteiger partial charge is 0.462 e. The molecule has 15 heavy (non-hydrogen) atoms. The lowest BCUT2D eigenvalue weighted by molar-refractivity contribution is -0.139. The van der Waals surface area contributed by atoms with Gasteiger partial charge in [-0.3, -0.25) is 4.79 Å². The standard InChI is InChI=1S/C12H16O3/c1-11(8-9-13)7-5-3-4-6-10-15-12(2)14/h4,6,8,13H,3,9-10H2,1-2H3/b6-4+,11-8+. The lowest BCUT2D eigenvalue weighted by Crippen LogP contribution is -1.97. The normalized spacial score (nSPS) is 11.0. The van der Waals surface area contributed by atoms with Gasteiger partial charge in [-0.15, -0.1) is 0 Å². The third-order valence-corrected chi connectivity index (χ3v) is 1.45. The molecule has 0 aromatic heterocycles. The molecule has 0 aromatic carbocycles. The first kappa shape index (κ1) is 13.5. The first-order valence-corrected chi connectivity index (χ1v) is 4.71. The molecule has 0 saturated heterocycles. The summed E-state index contributed by atoms with van der Waals surface area (Å²) in [5, 5.41) is 8.55. The SMILES string of the molecule is CC(=O)OC/C=C/CC#C/C(C)=C/CO. The Balaban J connectivity index is 3.69. The molecule has 1 N–H and O–H groups in total. The third kappa shape index (κ3) is 10.4. The molecule has 0 aliphatic heterocycles. The van der Waals surface area contributed by atoms with E-state index >= 15 is 0 Å². The van der Waals surface area contributed by atoms with E-state index in [4.69, 9.17) is 5.11 Å². The maximum absolute atomic E-state index is 10.4. The van der Waals surface area contributed by atoms with Crippen LogP contribution in [0.15, 0.2) is 23.8 Å². The summed E-state index contributed by atoms with van der Waals surface area (Å²) < 4.78 is 4.69. The molecule has 0 rings (SSSR count). The van der Waals surface area contributed by atoms with Gasteiger partial charge in [0.05, 0.1) is 6.61 Å². The number of hydrogen-bond donors (Lipinski definition) is 1. The molecule has 0 spiro atoms. The summed E-state index contributed by atoms with van der Waals surface area (Å²) in [6.07, 6.45) is 5.84. The highest BCUT2D eigenvalue weighted by Gasteiger charge is 1.85. The molecular weight excluding hydrogens is 192 g/mol. The predicted molar refractivity (Wildman–Crippen MR) is 59.0 cm³/mol. The quantitative estimate of drug-likeness (QED) is 0.432. The highest BCUT2D eigenvalue weighted by Crippen LogP contribution is 1.89. The van der Waals surface area contributed by atoms with Gasteiger partial charge in [-0.1, -0.05) is 24.0 Å². The Labute approximate surface area is 90.4 Å². The number of aliphatic hydroxyl groups is 1. The number of rotatable bonds is 4. The van der Waals surface area contributed by atoms with Crippen LogP contribution in [0, 0.1) is 11.8 Å². The Kier molecular flexibility index (Phi) is 8.12. The van der Waals surface area contributed by atoms with Crippen LogP contribution in [0.5, 0.6) is 0 Å². The number of ether oxygens (including phenoxy) is 1. The van der Waals surface area contributed by atoms with Crippen LogP contribution in [0.3, 0.4) is 0 Å². The monoisotopic (exact) mass is 208 g/mol. The Morgan fingerprint density at radius 3 is 2.73 bits per heavy atom. The third-order valence-electron chi connectivity index (χ3n) is 1.45. The summed E-state index contributed by atoms with van der Waals surface area (Å²) in [5.41, 5.74) is 0.853. The summed E-state index contributed by atoms with van der Waals surface area (Å²) in [6.45, 7) is 3.52. The van der Waals surface area contributed by atoms with Crippen molar-refractivity contribution in [2.75, 3.05) is 13.2 Å². The molecule has 3 nitrogen and oxygen atoms in total. The molecular formula is C12H16O3.